The maximum absolute atomic E-state index is 12.8. The molecule has 132 valence electrons. The van der Waals surface area contributed by atoms with Crippen LogP contribution in [0.1, 0.15) is 58.8 Å². The van der Waals surface area contributed by atoms with Crippen LogP contribution in [0.5, 0.6) is 0 Å². The zero-order valence-corrected chi connectivity index (χ0v) is 12.9. The van der Waals surface area contributed by atoms with Gasteiger partial charge in [0, 0.05) is 12.0 Å². The number of carbonyl (C=O) groups excluding carboxylic acids is 1. The molecule has 0 unspecified atom stereocenters. The lowest BCUT2D eigenvalue weighted by Crippen LogP contribution is -2.11. The van der Waals surface area contributed by atoms with Crippen LogP contribution in [0.3, 0.4) is 0 Å². The van der Waals surface area contributed by atoms with Crippen LogP contribution in [0.2, 0.25) is 0 Å². The third kappa shape index (κ3) is 3.26. The standard InChI is InChI=1S/C16H13F3N2O4/c17-16(18,19)10-5-6-11(13(7-10)21(23)24)14(22)12-8-20-25-15(12)9-3-1-2-4-9/h5-9H,1-4H2. The lowest BCUT2D eigenvalue weighted by molar-refractivity contribution is -0.385. The summed E-state index contributed by atoms with van der Waals surface area (Å²) in [7, 11) is 0. The van der Waals surface area contributed by atoms with Crippen LogP contribution in [-0.2, 0) is 6.18 Å². The van der Waals surface area contributed by atoms with Crippen molar-refractivity contribution in [2.75, 3.05) is 0 Å². The fraction of sp³-hybridized carbons (Fsp3) is 0.375. The number of alkyl halides is 3. The van der Waals surface area contributed by atoms with Gasteiger partial charge in [-0.2, -0.15) is 13.2 Å². The average Bonchev–Trinajstić information content (AvgIpc) is 3.23. The molecule has 6 nitrogen and oxygen atoms in total. The van der Waals surface area contributed by atoms with E-state index < -0.39 is 33.7 Å². The Hall–Kier alpha value is -2.71. The van der Waals surface area contributed by atoms with Crippen molar-refractivity contribution in [2.24, 2.45) is 0 Å². The Morgan fingerprint density at radius 1 is 1.24 bits per heavy atom. The lowest BCUT2D eigenvalue weighted by atomic mass is 9.95. The molecule has 9 heteroatoms. The summed E-state index contributed by atoms with van der Waals surface area (Å²) in [5.41, 5.74) is -2.43. The summed E-state index contributed by atoms with van der Waals surface area (Å²) in [4.78, 5) is 22.9. The Bertz CT molecular complexity index is 823. The van der Waals surface area contributed by atoms with Crippen molar-refractivity contribution in [1.29, 1.82) is 0 Å². The zero-order chi connectivity index (χ0) is 18.2. The molecule has 1 aliphatic rings. The van der Waals surface area contributed by atoms with E-state index in [1.165, 1.54) is 0 Å². The first-order valence-corrected chi connectivity index (χ1v) is 7.64. The number of nitro benzene ring substituents is 1. The normalized spacial score (nSPS) is 15.5. The van der Waals surface area contributed by atoms with E-state index in [9.17, 15) is 28.1 Å². The molecule has 1 aliphatic carbocycles. The second kappa shape index (κ2) is 6.30. The molecule has 0 N–H and O–H groups in total. The number of hydrogen-bond donors (Lipinski definition) is 0. The predicted octanol–water partition coefficient (Wildman–Crippen LogP) is 4.49. The minimum absolute atomic E-state index is 0.00467. The molecule has 1 fully saturated rings. The summed E-state index contributed by atoms with van der Waals surface area (Å²) in [5.74, 6) is -0.421. The summed E-state index contributed by atoms with van der Waals surface area (Å²) in [6, 6.07) is 1.85. The van der Waals surface area contributed by atoms with E-state index in [0.29, 0.717) is 17.9 Å². The minimum atomic E-state index is -4.74. The molecule has 3 rings (SSSR count). The highest BCUT2D eigenvalue weighted by Gasteiger charge is 2.35. The monoisotopic (exact) mass is 354 g/mol. The van der Waals surface area contributed by atoms with Crippen LogP contribution in [0.25, 0.3) is 0 Å². The molecule has 0 atom stereocenters. The van der Waals surface area contributed by atoms with E-state index in [4.69, 9.17) is 4.52 Å². The van der Waals surface area contributed by atoms with E-state index in [1.54, 1.807) is 0 Å². The van der Waals surface area contributed by atoms with Gasteiger partial charge in [0.1, 0.15) is 5.56 Å². The van der Waals surface area contributed by atoms with E-state index in [-0.39, 0.29) is 11.5 Å². The van der Waals surface area contributed by atoms with Crippen LogP contribution in [0, 0.1) is 10.1 Å². The van der Waals surface area contributed by atoms with E-state index in [2.05, 4.69) is 5.16 Å². The maximum Gasteiger partial charge on any atom is 0.416 e. The van der Waals surface area contributed by atoms with E-state index in [0.717, 1.165) is 37.9 Å². The number of halogens is 3. The number of carbonyl (C=O) groups is 1. The van der Waals surface area contributed by atoms with Crippen molar-refractivity contribution in [3.63, 3.8) is 0 Å². The van der Waals surface area contributed by atoms with Crippen LogP contribution < -0.4 is 0 Å². The molecular weight excluding hydrogens is 341 g/mol. The van der Waals surface area contributed by atoms with Gasteiger partial charge in [0.2, 0.25) is 5.78 Å². The van der Waals surface area contributed by atoms with Gasteiger partial charge in [0.25, 0.3) is 5.69 Å². The second-order valence-corrected chi connectivity index (χ2v) is 5.90. The van der Waals surface area contributed by atoms with Crippen molar-refractivity contribution >= 4 is 11.5 Å². The van der Waals surface area contributed by atoms with Crippen molar-refractivity contribution in [3.8, 4) is 0 Å². The smallest absolute Gasteiger partial charge is 0.360 e. The third-order valence-electron chi connectivity index (χ3n) is 4.34. The van der Waals surface area contributed by atoms with Gasteiger partial charge in [-0.1, -0.05) is 18.0 Å². The Balaban J connectivity index is 2.03. The van der Waals surface area contributed by atoms with Crippen LogP contribution in [-0.4, -0.2) is 15.9 Å². The molecule has 0 bridgehead atoms. The SMILES string of the molecule is O=C(c1ccc(C(F)(F)F)cc1[N+](=O)[O-])c1cnoc1C1CCCC1. The molecular formula is C16H13F3N2O4. The molecule has 1 aromatic heterocycles. The first-order valence-electron chi connectivity index (χ1n) is 7.64. The summed E-state index contributed by atoms with van der Waals surface area (Å²) in [6.45, 7) is 0. The number of aromatic nitrogens is 1. The van der Waals surface area contributed by atoms with Crippen LogP contribution in [0.15, 0.2) is 28.9 Å². The zero-order valence-electron chi connectivity index (χ0n) is 12.9. The summed E-state index contributed by atoms with van der Waals surface area (Å²) >= 11 is 0. The van der Waals surface area contributed by atoms with Crippen molar-refractivity contribution in [1.82, 2.24) is 5.16 Å². The fourth-order valence-electron chi connectivity index (χ4n) is 3.10. The highest BCUT2D eigenvalue weighted by atomic mass is 19.4. The quantitative estimate of drug-likeness (QED) is 0.459. The van der Waals surface area contributed by atoms with Crippen molar-refractivity contribution in [3.05, 3.63) is 57.0 Å². The van der Waals surface area contributed by atoms with E-state index in [1.807, 2.05) is 0 Å². The summed E-state index contributed by atoms with van der Waals surface area (Å²) < 4.78 is 43.5. The first kappa shape index (κ1) is 17.1. The number of rotatable bonds is 4. The Morgan fingerprint density at radius 3 is 2.52 bits per heavy atom. The third-order valence-corrected chi connectivity index (χ3v) is 4.34. The van der Waals surface area contributed by atoms with Crippen LogP contribution in [0.4, 0.5) is 18.9 Å². The fourth-order valence-corrected chi connectivity index (χ4v) is 3.10. The molecule has 0 amide bonds. The Morgan fingerprint density at radius 2 is 1.92 bits per heavy atom. The topological polar surface area (TPSA) is 86.2 Å². The van der Waals surface area contributed by atoms with Crippen molar-refractivity contribution < 1.29 is 27.4 Å². The molecule has 0 saturated heterocycles. The molecule has 0 aliphatic heterocycles. The molecule has 0 spiro atoms. The Labute approximate surface area is 139 Å². The minimum Gasteiger partial charge on any atom is -0.360 e. The average molecular weight is 354 g/mol. The molecule has 25 heavy (non-hydrogen) atoms. The number of nitrogens with zero attached hydrogens (tertiary/aromatic N) is 2. The van der Waals surface area contributed by atoms with E-state index >= 15 is 0 Å². The molecule has 2 aromatic rings. The van der Waals surface area contributed by atoms with Gasteiger partial charge in [0.05, 0.1) is 22.2 Å². The van der Waals surface area contributed by atoms with Crippen molar-refractivity contribution in [2.45, 2.75) is 37.8 Å². The molecule has 1 aromatic carbocycles. The largest absolute Gasteiger partial charge is 0.416 e. The predicted molar refractivity (Wildman–Crippen MR) is 79.2 cm³/mol. The molecule has 0 radical (unpaired) electrons. The number of hydrogen-bond acceptors (Lipinski definition) is 5. The highest BCUT2D eigenvalue weighted by Crippen LogP contribution is 2.38. The highest BCUT2D eigenvalue weighted by molar-refractivity contribution is 6.12. The molecule has 1 heterocycles. The number of ketones is 1. The number of nitro groups is 1. The summed E-state index contributed by atoms with van der Waals surface area (Å²) in [6.07, 6.45) is -0.00999. The van der Waals surface area contributed by atoms with Gasteiger partial charge in [-0.3, -0.25) is 14.9 Å². The van der Waals surface area contributed by atoms with Gasteiger partial charge in [-0.15, -0.1) is 0 Å². The Kier molecular flexibility index (Phi) is 4.32. The maximum atomic E-state index is 12.8. The first-order chi connectivity index (χ1) is 11.8. The van der Waals surface area contributed by atoms with Gasteiger partial charge in [-0.05, 0) is 25.0 Å². The number of benzene rings is 1. The molecule has 1 saturated carbocycles. The second-order valence-electron chi connectivity index (χ2n) is 5.90. The van der Waals surface area contributed by atoms with Gasteiger partial charge >= 0.3 is 6.18 Å². The van der Waals surface area contributed by atoms with Gasteiger partial charge < -0.3 is 4.52 Å². The van der Waals surface area contributed by atoms with Gasteiger partial charge in [0.15, 0.2) is 5.76 Å². The van der Waals surface area contributed by atoms with Crippen LogP contribution >= 0.6 is 0 Å². The lowest BCUT2D eigenvalue weighted by Gasteiger charge is -2.09. The van der Waals surface area contributed by atoms with Gasteiger partial charge in [-0.25, -0.2) is 0 Å². The summed E-state index contributed by atoms with van der Waals surface area (Å²) in [5, 5.41) is 14.8.